The summed E-state index contributed by atoms with van der Waals surface area (Å²) in [7, 11) is 0. The highest BCUT2D eigenvalue weighted by Crippen LogP contribution is 2.35. The van der Waals surface area contributed by atoms with Crippen LogP contribution in [0.2, 0.25) is 0 Å². The molecule has 148 valence electrons. The second-order valence-electron chi connectivity index (χ2n) is 7.54. The Kier molecular flexibility index (Phi) is 5.37. The number of benzene rings is 2. The van der Waals surface area contributed by atoms with Crippen LogP contribution in [0.4, 0.5) is 0 Å². The van der Waals surface area contributed by atoms with Gasteiger partial charge in [0.05, 0.1) is 18.6 Å². The number of hydrogen-bond acceptors (Lipinski definition) is 4. The van der Waals surface area contributed by atoms with Gasteiger partial charge in [-0.3, -0.25) is 4.79 Å². The molecule has 0 spiro atoms. The van der Waals surface area contributed by atoms with Gasteiger partial charge in [-0.05, 0) is 35.6 Å². The van der Waals surface area contributed by atoms with Gasteiger partial charge in [0.15, 0.2) is 0 Å². The SMILES string of the molecule is C#Cc1ccccc1C1(O)CCN(/C2=N/C(=O)Cc3ccccc3CCO2)CC1. The lowest BCUT2D eigenvalue weighted by molar-refractivity contribution is -0.117. The molecular weight excluding hydrogens is 364 g/mol. The Labute approximate surface area is 171 Å². The third-order valence-corrected chi connectivity index (χ3v) is 5.73. The largest absolute Gasteiger partial charge is 0.464 e. The molecule has 0 unspecified atom stereocenters. The van der Waals surface area contributed by atoms with E-state index in [1.165, 1.54) is 0 Å². The average molecular weight is 388 g/mol. The van der Waals surface area contributed by atoms with Gasteiger partial charge in [-0.1, -0.05) is 48.4 Å². The summed E-state index contributed by atoms with van der Waals surface area (Å²) in [6.07, 6.45) is 7.59. The molecule has 0 bridgehead atoms. The lowest BCUT2D eigenvalue weighted by atomic mass is 9.82. The Morgan fingerprint density at radius 3 is 2.52 bits per heavy atom. The van der Waals surface area contributed by atoms with Crippen LogP contribution in [0.15, 0.2) is 53.5 Å². The van der Waals surface area contributed by atoms with E-state index in [-0.39, 0.29) is 12.3 Å². The number of ether oxygens (including phenoxy) is 1. The van der Waals surface area contributed by atoms with Gasteiger partial charge in [0.2, 0.25) is 0 Å². The molecule has 1 saturated heterocycles. The number of nitrogens with zero attached hydrogens (tertiary/aromatic N) is 2. The number of aliphatic imine (C=N–C) groups is 1. The Morgan fingerprint density at radius 2 is 1.76 bits per heavy atom. The summed E-state index contributed by atoms with van der Waals surface area (Å²) in [4.78, 5) is 18.7. The number of carbonyl (C=O) groups excluding carboxylic acids is 1. The fourth-order valence-corrected chi connectivity index (χ4v) is 4.08. The maximum atomic E-state index is 12.5. The van der Waals surface area contributed by atoms with E-state index in [9.17, 15) is 9.90 Å². The van der Waals surface area contributed by atoms with Crippen molar-refractivity contribution in [3.63, 3.8) is 0 Å². The molecule has 2 aliphatic heterocycles. The second kappa shape index (κ2) is 8.10. The van der Waals surface area contributed by atoms with Crippen molar-refractivity contribution in [2.75, 3.05) is 19.7 Å². The Hall–Kier alpha value is -3.10. The highest BCUT2D eigenvalue weighted by Gasteiger charge is 2.37. The maximum Gasteiger partial charge on any atom is 0.295 e. The molecule has 1 fully saturated rings. The van der Waals surface area contributed by atoms with Gasteiger partial charge in [-0.2, -0.15) is 4.99 Å². The highest BCUT2D eigenvalue weighted by atomic mass is 16.5. The number of terminal acetylenes is 1. The lowest BCUT2D eigenvalue weighted by Gasteiger charge is -2.39. The summed E-state index contributed by atoms with van der Waals surface area (Å²) < 4.78 is 5.89. The summed E-state index contributed by atoms with van der Waals surface area (Å²) in [5, 5.41) is 11.2. The van der Waals surface area contributed by atoms with Crippen molar-refractivity contribution >= 4 is 11.9 Å². The minimum absolute atomic E-state index is 0.215. The summed E-state index contributed by atoms with van der Waals surface area (Å²) >= 11 is 0. The molecule has 0 atom stereocenters. The van der Waals surface area contributed by atoms with Gasteiger partial charge in [-0.25, -0.2) is 0 Å². The van der Waals surface area contributed by atoms with Gasteiger partial charge < -0.3 is 14.7 Å². The number of amidine groups is 1. The van der Waals surface area contributed by atoms with Crippen LogP contribution in [-0.2, 0) is 28.0 Å². The number of rotatable bonds is 1. The fraction of sp³-hybridized carbons (Fsp3) is 0.333. The van der Waals surface area contributed by atoms with Crippen molar-refractivity contribution in [3.8, 4) is 12.3 Å². The van der Waals surface area contributed by atoms with E-state index >= 15 is 0 Å². The lowest BCUT2D eigenvalue weighted by Crippen LogP contribution is -2.46. The first-order chi connectivity index (χ1) is 14.1. The molecule has 29 heavy (non-hydrogen) atoms. The zero-order valence-electron chi connectivity index (χ0n) is 16.3. The van der Waals surface area contributed by atoms with E-state index in [1.54, 1.807) is 0 Å². The number of fused-ring (bicyclic) bond motifs is 1. The third-order valence-electron chi connectivity index (χ3n) is 5.73. The van der Waals surface area contributed by atoms with Gasteiger partial charge in [0.1, 0.15) is 0 Å². The molecule has 4 rings (SSSR count). The van der Waals surface area contributed by atoms with Crippen LogP contribution in [0, 0.1) is 12.3 Å². The third kappa shape index (κ3) is 4.03. The van der Waals surface area contributed by atoms with Crippen molar-refractivity contribution < 1.29 is 14.6 Å². The number of carbonyl (C=O) groups is 1. The predicted molar refractivity (Wildman–Crippen MR) is 111 cm³/mol. The smallest absolute Gasteiger partial charge is 0.295 e. The van der Waals surface area contributed by atoms with E-state index in [2.05, 4.69) is 10.9 Å². The van der Waals surface area contributed by atoms with Crippen molar-refractivity contribution in [1.29, 1.82) is 0 Å². The van der Waals surface area contributed by atoms with Crippen LogP contribution in [0.25, 0.3) is 0 Å². The van der Waals surface area contributed by atoms with Gasteiger partial charge in [-0.15, -0.1) is 6.42 Å². The Morgan fingerprint density at radius 1 is 1.07 bits per heavy atom. The van der Waals surface area contributed by atoms with Crippen LogP contribution < -0.4 is 0 Å². The minimum atomic E-state index is -0.987. The maximum absolute atomic E-state index is 12.5. The molecule has 0 aliphatic carbocycles. The number of aliphatic hydroxyl groups is 1. The van der Waals surface area contributed by atoms with E-state index < -0.39 is 5.60 Å². The zero-order chi connectivity index (χ0) is 20.3. The van der Waals surface area contributed by atoms with E-state index in [0.29, 0.717) is 44.1 Å². The molecule has 2 aromatic rings. The number of hydrogen-bond donors (Lipinski definition) is 1. The zero-order valence-corrected chi connectivity index (χ0v) is 16.3. The van der Waals surface area contributed by atoms with E-state index in [4.69, 9.17) is 11.2 Å². The normalized spacial score (nSPS) is 20.8. The Balaban J connectivity index is 1.49. The van der Waals surface area contributed by atoms with Crippen LogP contribution >= 0.6 is 0 Å². The van der Waals surface area contributed by atoms with Crippen molar-refractivity contribution in [2.24, 2.45) is 4.99 Å². The monoisotopic (exact) mass is 388 g/mol. The van der Waals surface area contributed by atoms with Crippen molar-refractivity contribution in [1.82, 2.24) is 4.90 Å². The quantitative estimate of drug-likeness (QED) is 0.763. The van der Waals surface area contributed by atoms with Crippen LogP contribution in [0.5, 0.6) is 0 Å². The predicted octanol–water partition coefficient (Wildman–Crippen LogP) is 2.65. The minimum Gasteiger partial charge on any atom is -0.464 e. The first-order valence-electron chi connectivity index (χ1n) is 9.93. The summed E-state index contributed by atoms with van der Waals surface area (Å²) in [5.74, 6) is 2.45. The molecule has 1 amide bonds. The molecule has 2 aromatic carbocycles. The molecule has 0 saturated carbocycles. The van der Waals surface area contributed by atoms with E-state index in [1.807, 2.05) is 53.4 Å². The molecule has 0 aromatic heterocycles. The number of piperidine rings is 1. The first-order valence-corrected chi connectivity index (χ1v) is 9.93. The molecule has 5 nitrogen and oxygen atoms in total. The van der Waals surface area contributed by atoms with Crippen molar-refractivity contribution in [2.45, 2.75) is 31.3 Å². The second-order valence-corrected chi connectivity index (χ2v) is 7.54. The number of likely N-dealkylation sites (tertiary alicyclic amines) is 1. The topological polar surface area (TPSA) is 62.1 Å². The molecular formula is C24H24N2O3. The Bertz CT molecular complexity index is 982. The summed E-state index contributed by atoms with van der Waals surface area (Å²) in [5.41, 5.74) is 2.64. The summed E-state index contributed by atoms with van der Waals surface area (Å²) in [6.45, 7) is 1.53. The first kappa shape index (κ1) is 19.2. The highest BCUT2D eigenvalue weighted by molar-refractivity contribution is 5.91. The van der Waals surface area contributed by atoms with Crippen molar-refractivity contribution in [3.05, 3.63) is 70.8 Å². The number of amides is 1. The molecule has 2 heterocycles. The molecule has 5 heteroatoms. The van der Waals surface area contributed by atoms with Crippen LogP contribution in [0.1, 0.15) is 35.1 Å². The standard InChI is InChI=1S/C24H24N2O3/c1-2-18-7-5-6-10-21(18)24(28)12-14-26(15-13-24)23-25-22(27)17-20-9-4-3-8-19(20)11-16-29-23/h1,3-10,28H,11-17H2/b25-23-. The van der Waals surface area contributed by atoms with Crippen LogP contribution in [-0.4, -0.2) is 41.6 Å². The van der Waals surface area contributed by atoms with Gasteiger partial charge >= 0.3 is 0 Å². The average Bonchev–Trinajstić information content (AvgIpc) is 2.82. The van der Waals surface area contributed by atoms with Crippen LogP contribution in [0.3, 0.4) is 0 Å². The molecule has 1 N–H and O–H groups in total. The summed E-state index contributed by atoms with van der Waals surface area (Å²) in [6, 6.07) is 15.8. The fourth-order valence-electron chi connectivity index (χ4n) is 4.08. The van der Waals surface area contributed by atoms with Gasteiger partial charge in [0.25, 0.3) is 11.9 Å². The van der Waals surface area contributed by atoms with E-state index in [0.717, 1.165) is 23.1 Å². The van der Waals surface area contributed by atoms with Gasteiger partial charge in [0, 0.05) is 25.1 Å². The molecule has 0 radical (unpaired) electrons. The molecule has 2 aliphatic rings.